The largest absolute Gasteiger partial charge is 0.394 e. The molecule has 1 saturated heterocycles. The Bertz CT molecular complexity index is 157. The zero-order valence-corrected chi connectivity index (χ0v) is 7.09. The van der Waals surface area contributed by atoms with Crippen LogP contribution in [0.2, 0.25) is 0 Å². The van der Waals surface area contributed by atoms with E-state index in [4.69, 9.17) is 24.8 Å². The highest BCUT2D eigenvalue weighted by atomic mass is 16.7. The zero-order valence-electron chi connectivity index (χ0n) is 7.09. The molecule has 0 unspecified atom stereocenters. The molecule has 0 aromatic carbocycles. The number of ether oxygens (including phenoxy) is 2. The van der Waals surface area contributed by atoms with Crippen LogP contribution in [0.15, 0.2) is 0 Å². The van der Waals surface area contributed by atoms with E-state index in [2.05, 4.69) is 0 Å². The van der Waals surface area contributed by atoms with Gasteiger partial charge in [0.15, 0.2) is 0 Å². The lowest BCUT2D eigenvalue weighted by molar-refractivity contribution is -0.299. The summed E-state index contributed by atoms with van der Waals surface area (Å²) in [6.45, 7) is -1.59. The molecule has 0 radical (unpaired) electrons. The first-order chi connectivity index (χ1) is 6.20. The summed E-state index contributed by atoms with van der Waals surface area (Å²) in [5.41, 5.74) is -1.42. The molecule has 2 atom stereocenters. The molecule has 1 aliphatic heterocycles. The van der Waals surface area contributed by atoms with Crippen LogP contribution < -0.4 is 0 Å². The van der Waals surface area contributed by atoms with E-state index in [0.717, 1.165) is 0 Å². The Morgan fingerprint density at radius 2 is 1.85 bits per heavy atom. The first-order valence-electron chi connectivity index (χ1n) is 3.96. The summed E-state index contributed by atoms with van der Waals surface area (Å²) < 4.78 is 9.78. The molecule has 1 heterocycles. The van der Waals surface area contributed by atoms with Crippen LogP contribution in [0.4, 0.5) is 0 Å². The molecule has 6 heteroatoms. The summed E-state index contributed by atoms with van der Waals surface area (Å²) in [6.07, 6.45) is -2.06. The van der Waals surface area contributed by atoms with Crippen LogP contribution in [0.5, 0.6) is 0 Å². The third-order valence-electron chi connectivity index (χ3n) is 2.23. The lowest BCUT2D eigenvalue weighted by Gasteiger charge is -2.42. The zero-order chi connectivity index (χ0) is 9.90. The van der Waals surface area contributed by atoms with Crippen molar-refractivity contribution in [1.29, 1.82) is 0 Å². The van der Waals surface area contributed by atoms with Crippen molar-refractivity contribution >= 4 is 0 Å². The first kappa shape index (κ1) is 10.8. The minimum Gasteiger partial charge on any atom is -0.394 e. The van der Waals surface area contributed by atoms with Gasteiger partial charge in [0.1, 0.15) is 24.6 Å². The fourth-order valence-electron chi connectivity index (χ4n) is 1.23. The second-order valence-corrected chi connectivity index (χ2v) is 2.98. The standard InChI is InChI=1S/C7H14O6/c8-1-5-6(11)7(2-9,3-10)13-4-12-5/h5-6,8-11H,1-4H2/t5-,6-/m0/s1. The van der Waals surface area contributed by atoms with E-state index in [9.17, 15) is 5.11 Å². The maximum atomic E-state index is 9.55. The summed E-state index contributed by atoms with van der Waals surface area (Å²) in [7, 11) is 0. The summed E-state index contributed by atoms with van der Waals surface area (Å²) in [6, 6.07) is 0. The summed E-state index contributed by atoms with van der Waals surface area (Å²) in [5, 5.41) is 36.2. The van der Waals surface area contributed by atoms with Crippen LogP contribution in [-0.4, -0.2) is 64.8 Å². The van der Waals surface area contributed by atoms with Gasteiger partial charge in [-0.25, -0.2) is 0 Å². The number of hydrogen-bond acceptors (Lipinski definition) is 6. The SMILES string of the molecule is OC[C@@H]1OCOC(CO)(CO)[C@H]1O. The maximum Gasteiger partial charge on any atom is 0.148 e. The highest BCUT2D eigenvalue weighted by Gasteiger charge is 2.46. The highest BCUT2D eigenvalue weighted by Crippen LogP contribution is 2.24. The van der Waals surface area contributed by atoms with Gasteiger partial charge < -0.3 is 29.9 Å². The quantitative estimate of drug-likeness (QED) is 0.394. The van der Waals surface area contributed by atoms with Crippen molar-refractivity contribution in [2.75, 3.05) is 26.6 Å². The van der Waals surface area contributed by atoms with Gasteiger partial charge in [-0.05, 0) is 0 Å². The number of aliphatic hydroxyl groups is 4. The monoisotopic (exact) mass is 194 g/mol. The smallest absolute Gasteiger partial charge is 0.148 e. The fourth-order valence-corrected chi connectivity index (χ4v) is 1.23. The van der Waals surface area contributed by atoms with Crippen molar-refractivity contribution in [2.45, 2.75) is 17.8 Å². The lowest BCUT2D eigenvalue weighted by Crippen LogP contribution is -2.61. The van der Waals surface area contributed by atoms with Crippen LogP contribution in [0.1, 0.15) is 0 Å². The van der Waals surface area contributed by atoms with Gasteiger partial charge in [-0.15, -0.1) is 0 Å². The van der Waals surface area contributed by atoms with Crippen molar-refractivity contribution in [1.82, 2.24) is 0 Å². The Labute approximate surface area is 75.3 Å². The van der Waals surface area contributed by atoms with E-state index in [1.54, 1.807) is 0 Å². The van der Waals surface area contributed by atoms with Crippen molar-refractivity contribution in [2.24, 2.45) is 0 Å². The summed E-state index contributed by atoms with van der Waals surface area (Å²) in [5.74, 6) is 0. The van der Waals surface area contributed by atoms with E-state index in [0.29, 0.717) is 0 Å². The topological polar surface area (TPSA) is 99.4 Å². The Balaban J connectivity index is 2.72. The van der Waals surface area contributed by atoms with Crippen LogP contribution in [0, 0.1) is 0 Å². The van der Waals surface area contributed by atoms with Crippen molar-refractivity contribution in [3.8, 4) is 0 Å². The summed E-state index contributed by atoms with van der Waals surface area (Å²) >= 11 is 0. The van der Waals surface area contributed by atoms with Gasteiger partial charge in [-0.3, -0.25) is 0 Å². The molecular weight excluding hydrogens is 180 g/mol. The third kappa shape index (κ3) is 1.83. The predicted octanol–water partition coefficient (Wildman–Crippen LogP) is -2.56. The van der Waals surface area contributed by atoms with E-state index in [-0.39, 0.29) is 13.4 Å². The Morgan fingerprint density at radius 1 is 1.23 bits per heavy atom. The number of hydrogen-bond donors (Lipinski definition) is 4. The molecule has 1 fully saturated rings. The minimum absolute atomic E-state index is 0.163. The van der Waals surface area contributed by atoms with Crippen LogP contribution in [0.3, 0.4) is 0 Å². The number of aliphatic hydroxyl groups excluding tert-OH is 4. The minimum atomic E-state index is -1.42. The number of rotatable bonds is 3. The molecule has 1 aliphatic rings. The molecule has 78 valence electrons. The Kier molecular flexibility index (Phi) is 3.60. The highest BCUT2D eigenvalue weighted by molar-refractivity contribution is 4.93. The predicted molar refractivity (Wildman–Crippen MR) is 40.8 cm³/mol. The van der Waals surface area contributed by atoms with Gasteiger partial charge >= 0.3 is 0 Å². The molecule has 6 nitrogen and oxygen atoms in total. The Morgan fingerprint density at radius 3 is 2.31 bits per heavy atom. The van der Waals surface area contributed by atoms with Gasteiger partial charge in [-0.2, -0.15) is 0 Å². The Hall–Kier alpha value is -0.240. The van der Waals surface area contributed by atoms with Gasteiger partial charge in [0, 0.05) is 0 Å². The van der Waals surface area contributed by atoms with Crippen molar-refractivity contribution in [3.63, 3.8) is 0 Å². The molecule has 4 N–H and O–H groups in total. The normalized spacial score (nSPS) is 33.2. The van der Waals surface area contributed by atoms with E-state index in [1.165, 1.54) is 0 Å². The van der Waals surface area contributed by atoms with Gasteiger partial charge in [-0.1, -0.05) is 0 Å². The van der Waals surface area contributed by atoms with Crippen LogP contribution >= 0.6 is 0 Å². The van der Waals surface area contributed by atoms with Gasteiger partial charge in [0.2, 0.25) is 0 Å². The molecule has 0 amide bonds. The van der Waals surface area contributed by atoms with Gasteiger partial charge in [0.05, 0.1) is 19.8 Å². The molecule has 1 rings (SSSR count). The maximum absolute atomic E-state index is 9.55. The molecule has 0 aliphatic carbocycles. The van der Waals surface area contributed by atoms with E-state index < -0.39 is 31.0 Å². The van der Waals surface area contributed by atoms with E-state index >= 15 is 0 Å². The molecule has 0 spiro atoms. The average molecular weight is 194 g/mol. The molecule has 0 aromatic rings. The summed E-state index contributed by atoms with van der Waals surface area (Å²) in [4.78, 5) is 0. The fraction of sp³-hybridized carbons (Fsp3) is 1.00. The van der Waals surface area contributed by atoms with Crippen molar-refractivity contribution < 1.29 is 29.9 Å². The second-order valence-electron chi connectivity index (χ2n) is 2.98. The molecule has 13 heavy (non-hydrogen) atoms. The van der Waals surface area contributed by atoms with E-state index in [1.807, 2.05) is 0 Å². The van der Waals surface area contributed by atoms with Crippen LogP contribution in [0.25, 0.3) is 0 Å². The molecular formula is C7H14O6. The van der Waals surface area contributed by atoms with Crippen LogP contribution in [-0.2, 0) is 9.47 Å². The molecule has 0 aromatic heterocycles. The molecule has 0 bridgehead atoms. The van der Waals surface area contributed by atoms with Crippen molar-refractivity contribution in [3.05, 3.63) is 0 Å². The average Bonchev–Trinajstić information content (AvgIpc) is 2.19. The lowest BCUT2D eigenvalue weighted by atomic mass is 9.93. The van der Waals surface area contributed by atoms with Gasteiger partial charge in [0.25, 0.3) is 0 Å². The molecule has 0 saturated carbocycles. The second kappa shape index (κ2) is 4.32. The third-order valence-corrected chi connectivity index (χ3v) is 2.23. The first-order valence-corrected chi connectivity index (χ1v) is 3.96.